The molecule has 1 aromatic rings. The minimum absolute atomic E-state index is 0.0564. The summed E-state index contributed by atoms with van der Waals surface area (Å²) in [6, 6.07) is 4.14. The number of amides is 1. The topological polar surface area (TPSA) is 46.5 Å². The fourth-order valence-electron chi connectivity index (χ4n) is 2.38. The third-order valence-corrected chi connectivity index (χ3v) is 3.50. The van der Waals surface area contributed by atoms with Crippen molar-refractivity contribution in [1.29, 1.82) is 0 Å². The summed E-state index contributed by atoms with van der Waals surface area (Å²) in [7, 11) is 3.68. The third-order valence-electron chi connectivity index (χ3n) is 3.50. The Morgan fingerprint density at radius 1 is 1.61 bits per heavy atom. The number of ether oxygens (including phenoxy) is 1. The maximum absolute atomic E-state index is 11.8. The molecule has 1 saturated heterocycles. The largest absolute Gasteiger partial charge is 0.363 e. The van der Waals surface area contributed by atoms with Crippen molar-refractivity contribution in [3.63, 3.8) is 0 Å². The van der Waals surface area contributed by atoms with E-state index >= 15 is 0 Å². The number of morpholine rings is 1. The molecule has 1 amide bonds. The molecular weight excluding hydrogens is 230 g/mol. The van der Waals surface area contributed by atoms with Crippen molar-refractivity contribution in [2.75, 3.05) is 26.7 Å². The van der Waals surface area contributed by atoms with E-state index in [1.165, 1.54) is 5.69 Å². The summed E-state index contributed by atoms with van der Waals surface area (Å²) in [5.74, 6) is -0.0564. The molecule has 1 unspecified atom stereocenters. The van der Waals surface area contributed by atoms with Gasteiger partial charge in [0.15, 0.2) is 5.60 Å². The van der Waals surface area contributed by atoms with Gasteiger partial charge in [-0.2, -0.15) is 0 Å². The predicted molar refractivity (Wildman–Crippen MR) is 69.1 cm³/mol. The van der Waals surface area contributed by atoms with Crippen molar-refractivity contribution in [1.82, 2.24) is 14.8 Å². The van der Waals surface area contributed by atoms with E-state index in [-0.39, 0.29) is 5.91 Å². The van der Waals surface area contributed by atoms with E-state index < -0.39 is 5.60 Å². The van der Waals surface area contributed by atoms with Crippen molar-refractivity contribution in [2.45, 2.75) is 19.1 Å². The van der Waals surface area contributed by atoms with Gasteiger partial charge in [-0.3, -0.25) is 9.69 Å². The van der Waals surface area contributed by atoms with Crippen molar-refractivity contribution >= 4 is 5.91 Å². The first-order valence-electron chi connectivity index (χ1n) is 6.24. The van der Waals surface area contributed by atoms with Crippen LogP contribution >= 0.6 is 0 Å². The monoisotopic (exact) mass is 251 g/mol. The Hall–Kier alpha value is -1.33. The highest BCUT2D eigenvalue weighted by Gasteiger charge is 2.38. The van der Waals surface area contributed by atoms with Gasteiger partial charge in [-0.05, 0) is 19.1 Å². The molecule has 2 heterocycles. The maximum atomic E-state index is 11.8. The van der Waals surface area contributed by atoms with Crippen LogP contribution in [-0.2, 0) is 23.1 Å². The standard InChI is InChI=1S/C13H21N3O2/c1-13(12(17)14-2)10-16(7-8-18-13)9-11-5-4-6-15(11)3/h4-6H,7-10H2,1-3H3,(H,14,17). The van der Waals surface area contributed by atoms with E-state index in [4.69, 9.17) is 4.74 Å². The number of carbonyl (C=O) groups excluding carboxylic acids is 1. The highest BCUT2D eigenvalue weighted by atomic mass is 16.5. The van der Waals surface area contributed by atoms with Crippen LogP contribution in [0.15, 0.2) is 18.3 Å². The van der Waals surface area contributed by atoms with Crippen LogP contribution in [0.4, 0.5) is 0 Å². The van der Waals surface area contributed by atoms with Crippen LogP contribution in [0.25, 0.3) is 0 Å². The van der Waals surface area contributed by atoms with Crippen molar-refractivity contribution in [3.05, 3.63) is 24.0 Å². The fourth-order valence-corrected chi connectivity index (χ4v) is 2.38. The Bertz CT molecular complexity index is 430. The predicted octanol–water partition coefficient (Wildman–Crippen LogP) is 0.362. The zero-order valence-electron chi connectivity index (χ0n) is 11.3. The number of aromatic nitrogens is 1. The number of nitrogens with one attached hydrogen (secondary N) is 1. The molecule has 1 aromatic heterocycles. The van der Waals surface area contributed by atoms with Crippen LogP contribution in [0.2, 0.25) is 0 Å². The number of hydrogen-bond acceptors (Lipinski definition) is 3. The van der Waals surface area contributed by atoms with Crippen LogP contribution in [0, 0.1) is 0 Å². The molecule has 5 heteroatoms. The summed E-state index contributed by atoms with van der Waals surface area (Å²) < 4.78 is 7.74. The Morgan fingerprint density at radius 2 is 2.39 bits per heavy atom. The van der Waals surface area contributed by atoms with Crippen molar-refractivity contribution < 1.29 is 9.53 Å². The van der Waals surface area contributed by atoms with Crippen molar-refractivity contribution in [3.8, 4) is 0 Å². The minimum atomic E-state index is -0.738. The molecule has 0 aromatic carbocycles. The second kappa shape index (κ2) is 5.12. The maximum Gasteiger partial charge on any atom is 0.253 e. The highest BCUT2D eigenvalue weighted by Crippen LogP contribution is 2.19. The number of carbonyl (C=O) groups is 1. The van der Waals surface area contributed by atoms with E-state index in [0.29, 0.717) is 13.2 Å². The van der Waals surface area contributed by atoms with Gasteiger partial charge in [0.25, 0.3) is 5.91 Å². The van der Waals surface area contributed by atoms with Gasteiger partial charge in [-0.1, -0.05) is 0 Å². The Morgan fingerprint density at radius 3 is 3.00 bits per heavy atom. The molecule has 18 heavy (non-hydrogen) atoms. The molecular formula is C13H21N3O2. The molecule has 1 fully saturated rings. The van der Waals surface area contributed by atoms with Gasteiger partial charge < -0.3 is 14.6 Å². The van der Waals surface area contributed by atoms with Gasteiger partial charge in [0, 0.05) is 45.6 Å². The normalized spacial score (nSPS) is 25.1. The van der Waals surface area contributed by atoms with Gasteiger partial charge in [-0.15, -0.1) is 0 Å². The molecule has 0 spiro atoms. The van der Waals surface area contributed by atoms with E-state index in [1.54, 1.807) is 7.05 Å². The van der Waals surface area contributed by atoms with E-state index in [1.807, 2.05) is 26.2 Å². The molecule has 1 N–H and O–H groups in total. The first-order valence-corrected chi connectivity index (χ1v) is 6.24. The van der Waals surface area contributed by atoms with Crippen LogP contribution in [0.3, 0.4) is 0 Å². The lowest BCUT2D eigenvalue weighted by Gasteiger charge is -2.39. The highest BCUT2D eigenvalue weighted by molar-refractivity contribution is 5.84. The number of hydrogen-bond donors (Lipinski definition) is 1. The fraction of sp³-hybridized carbons (Fsp3) is 0.615. The molecule has 0 radical (unpaired) electrons. The zero-order chi connectivity index (χ0) is 13.2. The summed E-state index contributed by atoms with van der Waals surface area (Å²) in [6.07, 6.45) is 2.04. The summed E-state index contributed by atoms with van der Waals surface area (Å²) >= 11 is 0. The average molecular weight is 251 g/mol. The first-order chi connectivity index (χ1) is 8.55. The SMILES string of the molecule is CNC(=O)C1(C)CN(Cc2cccn2C)CCO1. The first kappa shape index (κ1) is 13.1. The Labute approximate surface area is 108 Å². The number of likely N-dealkylation sites (N-methyl/N-ethyl adjacent to an activating group) is 1. The molecule has 1 atom stereocenters. The Kier molecular flexibility index (Phi) is 3.73. The average Bonchev–Trinajstić information content (AvgIpc) is 2.74. The van der Waals surface area contributed by atoms with Crippen molar-refractivity contribution in [2.24, 2.45) is 7.05 Å². The summed E-state index contributed by atoms with van der Waals surface area (Å²) in [6.45, 7) is 4.77. The van der Waals surface area contributed by atoms with E-state index in [9.17, 15) is 4.79 Å². The summed E-state index contributed by atoms with van der Waals surface area (Å²) in [4.78, 5) is 14.1. The molecule has 1 aliphatic heterocycles. The molecule has 100 valence electrons. The van der Waals surface area contributed by atoms with Crippen LogP contribution in [0.1, 0.15) is 12.6 Å². The summed E-state index contributed by atoms with van der Waals surface area (Å²) in [5.41, 5.74) is 0.509. The second-order valence-corrected chi connectivity index (χ2v) is 4.98. The Balaban J connectivity index is 2.03. The van der Waals surface area contributed by atoms with Crippen LogP contribution in [-0.4, -0.2) is 47.7 Å². The van der Waals surface area contributed by atoms with Gasteiger partial charge in [0.1, 0.15) is 0 Å². The molecule has 0 saturated carbocycles. The minimum Gasteiger partial charge on any atom is -0.363 e. The molecule has 1 aliphatic rings. The van der Waals surface area contributed by atoms with Gasteiger partial charge in [0.2, 0.25) is 0 Å². The molecule has 0 bridgehead atoms. The summed E-state index contributed by atoms with van der Waals surface area (Å²) in [5, 5.41) is 2.67. The second-order valence-electron chi connectivity index (χ2n) is 4.98. The van der Waals surface area contributed by atoms with E-state index in [2.05, 4.69) is 20.9 Å². The van der Waals surface area contributed by atoms with Gasteiger partial charge in [-0.25, -0.2) is 0 Å². The zero-order valence-corrected chi connectivity index (χ0v) is 11.3. The van der Waals surface area contributed by atoms with Crippen LogP contribution in [0.5, 0.6) is 0 Å². The lowest BCUT2D eigenvalue weighted by molar-refractivity contribution is -0.156. The number of rotatable bonds is 3. The van der Waals surface area contributed by atoms with Crippen LogP contribution < -0.4 is 5.32 Å². The quantitative estimate of drug-likeness (QED) is 0.844. The molecule has 5 nitrogen and oxygen atoms in total. The smallest absolute Gasteiger partial charge is 0.253 e. The number of aryl methyl sites for hydroxylation is 1. The number of nitrogens with zero attached hydrogens (tertiary/aromatic N) is 2. The lowest BCUT2D eigenvalue weighted by atomic mass is 10.0. The molecule has 0 aliphatic carbocycles. The lowest BCUT2D eigenvalue weighted by Crippen LogP contribution is -2.57. The third kappa shape index (κ3) is 2.57. The molecule has 2 rings (SSSR count). The van der Waals surface area contributed by atoms with Gasteiger partial charge in [0.05, 0.1) is 6.61 Å². The van der Waals surface area contributed by atoms with Gasteiger partial charge >= 0.3 is 0 Å². The van der Waals surface area contributed by atoms with E-state index in [0.717, 1.165) is 13.1 Å².